The number of hydrogen-bond acceptors (Lipinski definition) is 6. The van der Waals surface area contributed by atoms with Crippen LogP contribution < -0.4 is 0 Å². The minimum atomic E-state index is -0.722. The average molecular weight is 315 g/mol. The summed E-state index contributed by atoms with van der Waals surface area (Å²) in [7, 11) is 0. The Kier molecular flexibility index (Phi) is 4.41. The molecule has 0 atom stereocenters. The standard InChI is InChI=1S/C14H9N3O6/c18-15(19)12-3-1-2-10(8-12)4-5-11-6-7-13(16(20)21)9-14(11)17(22)23/h1-9H/b5-4+. The maximum Gasteiger partial charge on any atom is 0.283 e. The molecule has 2 rings (SSSR count). The number of nitrogens with zero attached hydrogens (tertiary/aromatic N) is 3. The van der Waals surface area contributed by atoms with Gasteiger partial charge in [0, 0.05) is 18.2 Å². The van der Waals surface area contributed by atoms with E-state index in [4.69, 9.17) is 0 Å². The summed E-state index contributed by atoms with van der Waals surface area (Å²) in [6.07, 6.45) is 2.84. The fraction of sp³-hybridized carbons (Fsp3) is 0. The van der Waals surface area contributed by atoms with Gasteiger partial charge in [-0.25, -0.2) is 0 Å². The Morgan fingerprint density at radius 1 is 0.739 bits per heavy atom. The average Bonchev–Trinajstić information content (AvgIpc) is 2.52. The molecule has 0 saturated carbocycles. The first kappa shape index (κ1) is 15.8. The van der Waals surface area contributed by atoms with Crippen molar-refractivity contribution in [1.82, 2.24) is 0 Å². The molecule has 116 valence electrons. The fourth-order valence-corrected chi connectivity index (χ4v) is 1.87. The molecule has 2 aromatic rings. The van der Waals surface area contributed by atoms with Crippen LogP contribution in [0.3, 0.4) is 0 Å². The van der Waals surface area contributed by atoms with E-state index in [1.807, 2.05) is 0 Å². The SMILES string of the molecule is O=[N+]([O-])c1cccc(/C=C/c2ccc([N+](=O)[O-])cc2[N+](=O)[O-])c1. The molecule has 0 aliphatic carbocycles. The first-order valence-corrected chi connectivity index (χ1v) is 6.24. The minimum Gasteiger partial charge on any atom is -0.258 e. The lowest BCUT2D eigenvalue weighted by Crippen LogP contribution is -1.94. The number of hydrogen-bond donors (Lipinski definition) is 0. The molecule has 0 unspecified atom stereocenters. The van der Waals surface area contributed by atoms with Crippen molar-refractivity contribution >= 4 is 29.2 Å². The van der Waals surface area contributed by atoms with Gasteiger partial charge in [-0.3, -0.25) is 30.3 Å². The highest BCUT2D eigenvalue weighted by atomic mass is 16.6. The van der Waals surface area contributed by atoms with Crippen LogP contribution in [0.25, 0.3) is 12.2 Å². The second kappa shape index (κ2) is 6.43. The summed E-state index contributed by atoms with van der Waals surface area (Å²) in [5.74, 6) is 0. The Labute approximate surface area is 128 Å². The molecule has 0 fully saturated rings. The first-order chi connectivity index (χ1) is 10.9. The van der Waals surface area contributed by atoms with E-state index in [9.17, 15) is 30.3 Å². The summed E-state index contributed by atoms with van der Waals surface area (Å²) in [6.45, 7) is 0. The lowest BCUT2D eigenvalue weighted by Gasteiger charge is -1.98. The van der Waals surface area contributed by atoms with Crippen molar-refractivity contribution in [3.8, 4) is 0 Å². The molecule has 0 heterocycles. The van der Waals surface area contributed by atoms with Crippen LogP contribution in [0.1, 0.15) is 11.1 Å². The van der Waals surface area contributed by atoms with Crippen LogP contribution in [0, 0.1) is 30.3 Å². The highest BCUT2D eigenvalue weighted by Crippen LogP contribution is 2.26. The molecule has 0 aromatic heterocycles. The Morgan fingerprint density at radius 3 is 2.00 bits per heavy atom. The van der Waals surface area contributed by atoms with Crippen LogP contribution in [-0.2, 0) is 0 Å². The van der Waals surface area contributed by atoms with Gasteiger partial charge >= 0.3 is 0 Å². The zero-order valence-corrected chi connectivity index (χ0v) is 11.5. The number of non-ortho nitro benzene ring substituents is 2. The third-order valence-electron chi connectivity index (χ3n) is 2.96. The molecule has 0 amide bonds. The minimum absolute atomic E-state index is 0.106. The van der Waals surface area contributed by atoms with Crippen molar-refractivity contribution in [3.63, 3.8) is 0 Å². The number of nitro benzene ring substituents is 3. The van der Waals surface area contributed by atoms with Gasteiger partial charge in [0.1, 0.15) is 0 Å². The third kappa shape index (κ3) is 3.73. The van der Waals surface area contributed by atoms with Crippen molar-refractivity contribution in [3.05, 3.63) is 83.9 Å². The number of rotatable bonds is 5. The van der Waals surface area contributed by atoms with Gasteiger partial charge in [-0.05, 0) is 17.7 Å². The van der Waals surface area contributed by atoms with E-state index in [2.05, 4.69) is 0 Å². The highest BCUT2D eigenvalue weighted by Gasteiger charge is 2.17. The van der Waals surface area contributed by atoms with Crippen molar-refractivity contribution in [1.29, 1.82) is 0 Å². The van der Waals surface area contributed by atoms with E-state index in [-0.39, 0.29) is 16.9 Å². The maximum absolute atomic E-state index is 11.0. The van der Waals surface area contributed by atoms with Gasteiger partial charge in [0.2, 0.25) is 0 Å². The lowest BCUT2D eigenvalue weighted by atomic mass is 10.1. The zero-order chi connectivity index (χ0) is 17.0. The molecular weight excluding hydrogens is 306 g/mol. The Hall–Kier alpha value is -3.62. The second-order valence-electron chi connectivity index (χ2n) is 4.44. The van der Waals surface area contributed by atoms with E-state index in [0.29, 0.717) is 5.56 Å². The van der Waals surface area contributed by atoms with Crippen molar-refractivity contribution in [2.24, 2.45) is 0 Å². The van der Waals surface area contributed by atoms with Crippen LogP contribution in [0.4, 0.5) is 17.1 Å². The topological polar surface area (TPSA) is 129 Å². The van der Waals surface area contributed by atoms with Crippen LogP contribution in [0.15, 0.2) is 42.5 Å². The molecule has 9 nitrogen and oxygen atoms in total. The van der Waals surface area contributed by atoms with E-state index < -0.39 is 20.5 Å². The Bertz CT molecular complexity index is 831. The molecule has 0 saturated heterocycles. The Balaban J connectivity index is 2.39. The van der Waals surface area contributed by atoms with Gasteiger partial charge in [0.15, 0.2) is 0 Å². The molecule has 0 radical (unpaired) electrons. The molecule has 0 aliphatic rings. The van der Waals surface area contributed by atoms with Gasteiger partial charge in [-0.15, -0.1) is 0 Å². The summed E-state index contributed by atoms with van der Waals surface area (Å²) in [5, 5.41) is 32.4. The normalized spacial score (nSPS) is 10.6. The van der Waals surface area contributed by atoms with E-state index >= 15 is 0 Å². The van der Waals surface area contributed by atoms with Crippen LogP contribution >= 0.6 is 0 Å². The number of benzene rings is 2. The maximum atomic E-state index is 11.0. The molecule has 0 bridgehead atoms. The van der Waals surface area contributed by atoms with Gasteiger partial charge in [0.05, 0.1) is 26.4 Å². The van der Waals surface area contributed by atoms with Crippen LogP contribution in [0.5, 0.6) is 0 Å². The second-order valence-corrected chi connectivity index (χ2v) is 4.44. The van der Waals surface area contributed by atoms with Crippen molar-refractivity contribution < 1.29 is 14.8 Å². The molecule has 0 aliphatic heterocycles. The third-order valence-corrected chi connectivity index (χ3v) is 2.96. The van der Waals surface area contributed by atoms with E-state index in [1.165, 1.54) is 36.4 Å². The fourth-order valence-electron chi connectivity index (χ4n) is 1.87. The molecule has 9 heteroatoms. The van der Waals surface area contributed by atoms with Crippen molar-refractivity contribution in [2.75, 3.05) is 0 Å². The Morgan fingerprint density at radius 2 is 1.39 bits per heavy atom. The largest absolute Gasteiger partial charge is 0.283 e. The quantitative estimate of drug-likeness (QED) is 0.471. The van der Waals surface area contributed by atoms with Gasteiger partial charge in [-0.1, -0.05) is 18.2 Å². The predicted octanol–water partition coefficient (Wildman–Crippen LogP) is 3.58. The molecule has 0 N–H and O–H groups in total. The molecular formula is C14H9N3O6. The van der Waals surface area contributed by atoms with E-state index in [0.717, 1.165) is 12.1 Å². The lowest BCUT2D eigenvalue weighted by molar-refractivity contribution is -0.394. The highest BCUT2D eigenvalue weighted by molar-refractivity contribution is 5.75. The van der Waals surface area contributed by atoms with Crippen molar-refractivity contribution in [2.45, 2.75) is 0 Å². The first-order valence-electron chi connectivity index (χ1n) is 6.24. The zero-order valence-electron chi connectivity index (χ0n) is 11.5. The summed E-state index contributed by atoms with van der Waals surface area (Å²) in [4.78, 5) is 30.4. The van der Waals surface area contributed by atoms with E-state index in [1.54, 1.807) is 6.07 Å². The molecule has 23 heavy (non-hydrogen) atoms. The summed E-state index contributed by atoms with van der Waals surface area (Å²) in [6, 6.07) is 9.00. The predicted molar refractivity (Wildman–Crippen MR) is 81.8 cm³/mol. The number of nitro groups is 3. The summed E-state index contributed by atoms with van der Waals surface area (Å²) in [5.41, 5.74) is -0.269. The molecule has 2 aromatic carbocycles. The van der Waals surface area contributed by atoms with Crippen LogP contribution in [-0.4, -0.2) is 14.8 Å². The van der Waals surface area contributed by atoms with Gasteiger partial charge < -0.3 is 0 Å². The van der Waals surface area contributed by atoms with Crippen LogP contribution in [0.2, 0.25) is 0 Å². The monoisotopic (exact) mass is 315 g/mol. The summed E-state index contributed by atoms with van der Waals surface area (Å²) < 4.78 is 0. The summed E-state index contributed by atoms with van der Waals surface area (Å²) >= 11 is 0. The smallest absolute Gasteiger partial charge is 0.258 e. The molecule has 0 spiro atoms. The van der Waals surface area contributed by atoms with Gasteiger partial charge in [-0.2, -0.15) is 0 Å². The van der Waals surface area contributed by atoms with Gasteiger partial charge in [0.25, 0.3) is 17.1 Å².